The smallest absolute Gasteiger partial charge is 0.250 e. The third kappa shape index (κ3) is 3.06. The average Bonchev–Trinajstić information content (AvgIpc) is 3.18. The first-order valence-corrected chi connectivity index (χ1v) is 9.60. The number of benzene rings is 1. The molecule has 0 saturated carbocycles. The first-order chi connectivity index (χ1) is 13.1. The molecule has 4 heterocycles. The zero-order valence-corrected chi connectivity index (χ0v) is 17.9. The van der Waals surface area contributed by atoms with Gasteiger partial charge in [0, 0.05) is 21.4 Å². The maximum atomic E-state index is 12.0. The van der Waals surface area contributed by atoms with E-state index < -0.39 is 0 Å². The second-order valence-electron chi connectivity index (χ2n) is 6.48. The van der Waals surface area contributed by atoms with E-state index in [4.69, 9.17) is 10.1 Å². The number of fused-ring (bicyclic) bond motifs is 5. The predicted molar refractivity (Wildman–Crippen MR) is 116 cm³/mol. The Morgan fingerprint density at radius 1 is 1.21 bits per heavy atom. The molecule has 0 bridgehead atoms. The Balaban J connectivity index is 0.00000192. The first kappa shape index (κ1) is 18.9. The van der Waals surface area contributed by atoms with Crippen molar-refractivity contribution < 1.29 is 0 Å². The van der Waals surface area contributed by atoms with Crippen LogP contribution in [0.4, 0.5) is 0 Å². The highest BCUT2D eigenvalue weighted by molar-refractivity contribution is 14.1. The van der Waals surface area contributed by atoms with Gasteiger partial charge in [-0.05, 0) is 53.8 Å². The highest BCUT2D eigenvalue weighted by Gasteiger charge is 2.24. The molecule has 0 saturated heterocycles. The first-order valence-electron chi connectivity index (χ1n) is 8.52. The van der Waals surface area contributed by atoms with Crippen molar-refractivity contribution in [1.29, 1.82) is 0 Å². The van der Waals surface area contributed by atoms with Crippen LogP contribution >= 0.6 is 35.0 Å². The summed E-state index contributed by atoms with van der Waals surface area (Å²) in [6.07, 6.45) is 3.61. The molecule has 0 amide bonds. The standard InChI is InChI=1S/C19H15IN6O.ClH/c1-12-16-9-26-19(14-8-13(20)5-6-15(14)25(16)11-21-12)22-17(23-26)10-24-7-3-2-4-18(24)27;/h2-8,11H,9-10H2,1H3;1H. The van der Waals surface area contributed by atoms with Crippen LogP contribution in [0.5, 0.6) is 0 Å². The summed E-state index contributed by atoms with van der Waals surface area (Å²) in [5.74, 6) is 1.43. The highest BCUT2D eigenvalue weighted by atomic mass is 127. The van der Waals surface area contributed by atoms with Crippen molar-refractivity contribution in [3.05, 3.63) is 80.1 Å². The van der Waals surface area contributed by atoms with Gasteiger partial charge in [-0.25, -0.2) is 14.6 Å². The molecule has 9 heteroatoms. The number of aryl methyl sites for hydroxylation is 1. The van der Waals surface area contributed by atoms with E-state index in [0.717, 1.165) is 32.0 Å². The van der Waals surface area contributed by atoms with Crippen molar-refractivity contribution in [3.63, 3.8) is 0 Å². The van der Waals surface area contributed by atoms with Crippen molar-refractivity contribution >= 4 is 35.0 Å². The van der Waals surface area contributed by atoms with E-state index >= 15 is 0 Å². The average molecular weight is 507 g/mol. The van der Waals surface area contributed by atoms with Gasteiger partial charge in [0.05, 0.1) is 36.5 Å². The number of nitrogens with zero attached hydrogens (tertiary/aromatic N) is 6. The van der Waals surface area contributed by atoms with Crippen LogP contribution in [0.25, 0.3) is 17.1 Å². The van der Waals surface area contributed by atoms with Crippen LogP contribution in [0, 0.1) is 10.5 Å². The van der Waals surface area contributed by atoms with Crippen LogP contribution in [0.1, 0.15) is 17.2 Å². The van der Waals surface area contributed by atoms with Crippen LogP contribution in [-0.4, -0.2) is 28.9 Å². The van der Waals surface area contributed by atoms with E-state index in [-0.39, 0.29) is 18.0 Å². The predicted octanol–water partition coefficient (Wildman–Crippen LogP) is 3.04. The van der Waals surface area contributed by atoms with Gasteiger partial charge in [0.1, 0.15) is 0 Å². The van der Waals surface area contributed by atoms with Gasteiger partial charge in [0.25, 0.3) is 5.56 Å². The molecule has 1 aromatic carbocycles. The van der Waals surface area contributed by atoms with E-state index in [1.54, 1.807) is 22.9 Å². The molecule has 0 atom stereocenters. The summed E-state index contributed by atoms with van der Waals surface area (Å²) < 4.78 is 6.76. The highest BCUT2D eigenvalue weighted by Crippen LogP contribution is 2.32. The van der Waals surface area contributed by atoms with Gasteiger partial charge in [-0.1, -0.05) is 6.07 Å². The topological polar surface area (TPSA) is 70.5 Å². The fraction of sp³-hybridized carbons (Fsp3) is 0.158. The SMILES string of the molecule is Cc1ncn2c1Cn1nc(Cn3ccccc3=O)nc1-c1cc(I)ccc1-2.Cl. The van der Waals surface area contributed by atoms with Crippen LogP contribution < -0.4 is 5.56 Å². The molecule has 142 valence electrons. The Labute approximate surface area is 180 Å². The molecule has 4 aromatic rings. The summed E-state index contributed by atoms with van der Waals surface area (Å²) in [6, 6.07) is 11.4. The molecule has 28 heavy (non-hydrogen) atoms. The molecule has 3 aromatic heterocycles. The zero-order chi connectivity index (χ0) is 18.5. The van der Waals surface area contributed by atoms with Crippen LogP contribution in [0.3, 0.4) is 0 Å². The van der Waals surface area contributed by atoms with Gasteiger partial charge in [-0.3, -0.25) is 4.79 Å². The molecule has 0 radical (unpaired) electrons. The third-order valence-electron chi connectivity index (χ3n) is 4.76. The number of imidazole rings is 1. The fourth-order valence-corrected chi connectivity index (χ4v) is 3.90. The number of rotatable bonds is 2. The maximum Gasteiger partial charge on any atom is 0.250 e. The van der Waals surface area contributed by atoms with E-state index in [2.05, 4.69) is 50.3 Å². The van der Waals surface area contributed by atoms with Crippen LogP contribution in [0.2, 0.25) is 0 Å². The molecule has 0 fully saturated rings. The minimum Gasteiger partial charge on any atom is -0.308 e. The van der Waals surface area contributed by atoms with Gasteiger partial charge < -0.3 is 9.13 Å². The van der Waals surface area contributed by atoms with E-state index in [9.17, 15) is 4.79 Å². The molecule has 0 unspecified atom stereocenters. The van der Waals surface area contributed by atoms with Crippen LogP contribution in [0.15, 0.2) is 53.7 Å². The van der Waals surface area contributed by atoms with E-state index in [1.165, 1.54) is 0 Å². The molecular weight excluding hydrogens is 491 g/mol. The molecule has 1 aliphatic rings. The molecule has 7 nitrogen and oxygen atoms in total. The van der Waals surface area contributed by atoms with Crippen molar-refractivity contribution in [2.24, 2.45) is 0 Å². The Morgan fingerprint density at radius 2 is 2.07 bits per heavy atom. The third-order valence-corrected chi connectivity index (χ3v) is 5.43. The maximum absolute atomic E-state index is 12.0. The molecule has 0 aliphatic carbocycles. The van der Waals surface area contributed by atoms with Crippen molar-refractivity contribution in [2.75, 3.05) is 0 Å². The number of halogens is 2. The van der Waals surface area contributed by atoms with Gasteiger partial charge in [-0.2, -0.15) is 5.10 Å². The van der Waals surface area contributed by atoms with E-state index in [1.807, 2.05) is 24.0 Å². The Bertz CT molecular complexity index is 1240. The lowest BCUT2D eigenvalue weighted by Gasteiger charge is -2.09. The zero-order valence-electron chi connectivity index (χ0n) is 14.9. The Kier molecular flexibility index (Phi) is 4.84. The minimum atomic E-state index is -0.0636. The largest absolute Gasteiger partial charge is 0.308 e. The summed E-state index contributed by atoms with van der Waals surface area (Å²) in [6.45, 7) is 2.94. The lowest BCUT2D eigenvalue weighted by atomic mass is 10.1. The van der Waals surface area contributed by atoms with Gasteiger partial charge in [-0.15, -0.1) is 12.4 Å². The van der Waals surface area contributed by atoms with Gasteiger partial charge in [0.2, 0.25) is 0 Å². The van der Waals surface area contributed by atoms with Crippen molar-refractivity contribution in [2.45, 2.75) is 20.0 Å². The Hall–Kier alpha value is -2.46. The Morgan fingerprint density at radius 3 is 2.89 bits per heavy atom. The van der Waals surface area contributed by atoms with Crippen molar-refractivity contribution in [3.8, 4) is 17.1 Å². The fourth-order valence-electron chi connectivity index (χ4n) is 3.41. The second kappa shape index (κ2) is 7.17. The molecule has 5 rings (SSSR count). The summed E-state index contributed by atoms with van der Waals surface area (Å²) in [5, 5.41) is 4.70. The monoisotopic (exact) mass is 506 g/mol. The van der Waals surface area contributed by atoms with Gasteiger partial charge >= 0.3 is 0 Å². The van der Waals surface area contributed by atoms with Crippen molar-refractivity contribution in [1.82, 2.24) is 28.9 Å². The molecule has 0 N–H and O–H groups in total. The molecular formula is C19H16ClIN6O. The quantitative estimate of drug-likeness (QED) is 0.345. The number of aromatic nitrogens is 6. The minimum absolute atomic E-state index is 0. The summed E-state index contributed by atoms with van der Waals surface area (Å²) in [5.41, 5.74) is 4.05. The molecule has 0 spiro atoms. The number of hydrogen-bond acceptors (Lipinski definition) is 4. The van der Waals surface area contributed by atoms with E-state index in [0.29, 0.717) is 18.9 Å². The summed E-state index contributed by atoms with van der Waals surface area (Å²) in [7, 11) is 0. The molecule has 1 aliphatic heterocycles. The summed E-state index contributed by atoms with van der Waals surface area (Å²) >= 11 is 2.30. The number of hydrogen-bond donors (Lipinski definition) is 0. The number of pyridine rings is 1. The lowest BCUT2D eigenvalue weighted by Crippen LogP contribution is -2.19. The second-order valence-corrected chi connectivity index (χ2v) is 7.73. The van der Waals surface area contributed by atoms with Crippen LogP contribution in [-0.2, 0) is 13.1 Å². The lowest BCUT2D eigenvalue weighted by molar-refractivity contribution is 0.642. The van der Waals surface area contributed by atoms with Gasteiger partial charge in [0.15, 0.2) is 11.6 Å². The normalized spacial score (nSPS) is 11.8. The summed E-state index contributed by atoms with van der Waals surface area (Å²) in [4.78, 5) is 21.3.